The van der Waals surface area contributed by atoms with Crippen LogP contribution in [0.1, 0.15) is 118 Å². The number of nitrogens with zero attached hydrogens (tertiary/aromatic N) is 1. The summed E-state index contributed by atoms with van der Waals surface area (Å²) in [5.74, 6) is 0.452. The molecule has 1 atom stereocenters. The molecule has 0 aromatic rings. The molecule has 0 fully saturated rings. The Hall–Kier alpha value is -1.09. The highest BCUT2D eigenvalue weighted by Gasteiger charge is 2.12. The molecule has 0 aromatic carbocycles. The van der Waals surface area contributed by atoms with Crippen LogP contribution in [0.25, 0.3) is 0 Å². The van der Waals surface area contributed by atoms with E-state index in [4.69, 9.17) is 4.74 Å². The van der Waals surface area contributed by atoms with Gasteiger partial charge in [0, 0.05) is 0 Å². The van der Waals surface area contributed by atoms with E-state index in [-0.39, 0.29) is 5.97 Å². The summed E-state index contributed by atoms with van der Waals surface area (Å²) in [5, 5.41) is 0. The molecule has 0 bridgehead atoms. The number of hydrogen-bond acceptors (Lipinski definition) is 3. The average Bonchev–Trinajstić information content (AvgIpc) is 2.76. The van der Waals surface area contributed by atoms with Gasteiger partial charge in [-0.05, 0) is 57.2 Å². The summed E-state index contributed by atoms with van der Waals surface area (Å²) in [6, 6.07) is 0. The summed E-state index contributed by atoms with van der Waals surface area (Å²) in [7, 11) is 0. The van der Waals surface area contributed by atoms with Gasteiger partial charge in [0.2, 0.25) is 0 Å². The molecule has 0 aliphatic rings. The Balaban J connectivity index is 4.27. The topological polar surface area (TPSA) is 29.5 Å². The molecule has 0 spiro atoms. The molecular weight excluding hydrogens is 382 g/mol. The summed E-state index contributed by atoms with van der Waals surface area (Å²) >= 11 is 0. The zero-order valence-corrected chi connectivity index (χ0v) is 21.4. The fraction of sp³-hybridized carbons (Fsp3) is 0.821. The van der Waals surface area contributed by atoms with Crippen LogP contribution in [0.2, 0.25) is 0 Å². The predicted molar refractivity (Wildman–Crippen MR) is 137 cm³/mol. The van der Waals surface area contributed by atoms with Crippen molar-refractivity contribution in [3.05, 3.63) is 24.3 Å². The van der Waals surface area contributed by atoms with Gasteiger partial charge in [0.25, 0.3) is 0 Å². The molecule has 0 rings (SSSR count). The first-order valence-electron chi connectivity index (χ1n) is 13.2. The van der Waals surface area contributed by atoms with E-state index in [2.05, 4.69) is 45.2 Å². The van der Waals surface area contributed by atoms with E-state index in [0.29, 0.717) is 19.1 Å². The van der Waals surface area contributed by atoms with Crippen LogP contribution >= 0.6 is 0 Å². The highest BCUT2D eigenvalue weighted by molar-refractivity contribution is 5.71. The van der Waals surface area contributed by atoms with Gasteiger partial charge in [-0.15, -0.1) is 6.58 Å². The van der Waals surface area contributed by atoms with Gasteiger partial charge in [0.05, 0.1) is 6.54 Å². The van der Waals surface area contributed by atoms with Crippen LogP contribution in [-0.2, 0) is 9.53 Å². The van der Waals surface area contributed by atoms with Crippen molar-refractivity contribution in [2.45, 2.75) is 118 Å². The predicted octanol–water partition coefficient (Wildman–Crippen LogP) is 8.10. The molecule has 182 valence electrons. The second-order valence-corrected chi connectivity index (χ2v) is 9.31. The molecule has 3 heteroatoms. The molecule has 1 unspecified atom stereocenters. The Kier molecular flexibility index (Phi) is 21.3. The number of rotatable bonds is 22. The number of allylic oxidation sites excluding steroid dienone is 2. The zero-order valence-electron chi connectivity index (χ0n) is 21.4. The van der Waals surface area contributed by atoms with Crippen LogP contribution in [-0.4, -0.2) is 37.1 Å². The molecule has 0 saturated heterocycles. The average molecular weight is 436 g/mol. The Morgan fingerprint density at radius 1 is 0.903 bits per heavy atom. The van der Waals surface area contributed by atoms with Crippen molar-refractivity contribution in [2.75, 3.05) is 26.2 Å². The van der Waals surface area contributed by atoms with E-state index in [1.165, 1.54) is 77.0 Å². The monoisotopic (exact) mass is 435 g/mol. The molecule has 0 amide bonds. The quantitative estimate of drug-likeness (QED) is 0.0977. The Labute approximate surface area is 194 Å². The Morgan fingerprint density at radius 2 is 1.42 bits per heavy atom. The molecule has 0 radical (unpaired) electrons. The van der Waals surface area contributed by atoms with E-state index >= 15 is 0 Å². The molecule has 31 heavy (non-hydrogen) atoms. The van der Waals surface area contributed by atoms with Crippen LogP contribution in [0.3, 0.4) is 0 Å². The minimum atomic E-state index is -0.0795. The van der Waals surface area contributed by atoms with Crippen molar-refractivity contribution in [1.82, 2.24) is 4.90 Å². The van der Waals surface area contributed by atoms with Crippen LogP contribution in [0, 0.1) is 5.92 Å². The second-order valence-electron chi connectivity index (χ2n) is 9.31. The van der Waals surface area contributed by atoms with Crippen LogP contribution in [0.5, 0.6) is 0 Å². The lowest BCUT2D eigenvalue weighted by molar-refractivity contribution is -0.144. The number of hydrogen-bond donors (Lipinski definition) is 0. The number of ether oxygens (including phenoxy) is 1. The fourth-order valence-electron chi connectivity index (χ4n) is 3.69. The molecule has 0 N–H and O–H groups in total. The van der Waals surface area contributed by atoms with Gasteiger partial charge in [-0.3, -0.25) is 9.69 Å². The summed E-state index contributed by atoms with van der Waals surface area (Å²) in [4.78, 5) is 14.8. The smallest absolute Gasteiger partial charge is 0.320 e. The third-order valence-electron chi connectivity index (χ3n) is 5.99. The van der Waals surface area contributed by atoms with Gasteiger partial charge >= 0.3 is 5.97 Å². The van der Waals surface area contributed by atoms with Crippen LogP contribution < -0.4 is 0 Å². The first-order chi connectivity index (χ1) is 15.0. The number of carbonyl (C=O) groups excluding carboxylic acids is 1. The van der Waals surface area contributed by atoms with E-state index in [1.807, 2.05) is 6.08 Å². The Bertz CT molecular complexity index is 442. The maximum atomic E-state index is 12.4. The minimum absolute atomic E-state index is 0.0795. The molecule has 0 aliphatic carbocycles. The number of esters is 1. The maximum absolute atomic E-state index is 12.4. The summed E-state index contributed by atoms with van der Waals surface area (Å²) in [6.07, 6.45) is 21.8. The first kappa shape index (κ1) is 29.9. The van der Waals surface area contributed by atoms with Gasteiger partial charge in [-0.25, -0.2) is 0 Å². The second kappa shape index (κ2) is 22.1. The lowest BCUT2D eigenvalue weighted by atomic mass is 10.1. The maximum Gasteiger partial charge on any atom is 0.320 e. The molecule has 0 heterocycles. The summed E-state index contributed by atoms with van der Waals surface area (Å²) < 4.78 is 5.57. The van der Waals surface area contributed by atoms with Gasteiger partial charge in [-0.2, -0.15) is 0 Å². The van der Waals surface area contributed by atoms with Crippen molar-refractivity contribution in [1.29, 1.82) is 0 Å². The third-order valence-corrected chi connectivity index (χ3v) is 5.99. The molecule has 0 aliphatic heterocycles. The molecular formula is C28H53NO2. The zero-order chi connectivity index (χ0) is 23.2. The van der Waals surface area contributed by atoms with Gasteiger partial charge < -0.3 is 4.74 Å². The van der Waals surface area contributed by atoms with E-state index in [9.17, 15) is 4.79 Å². The lowest BCUT2D eigenvalue weighted by Crippen LogP contribution is -2.33. The van der Waals surface area contributed by atoms with Crippen molar-refractivity contribution < 1.29 is 9.53 Å². The van der Waals surface area contributed by atoms with Crippen molar-refractivity contribution in [2.24, 2.45) is 5.92 Å². The summed E-state index contributed by atoms with van der Waals surface area (Å²) in [6.45, 7) is 15.5. The molecule has 0 saturated carbocycles. The van der Waals surface area contributed by atoms with Crippen molar-refractivity contribution in [3.63, 3.8) is 0 Å². The minimum Gasteiger partial charge on any atom is -0.460 e. The van der Waals surface area contributed by atoms with Crippen LogP contribution in [0.15, 0.2) is 24.3 Å². The van der Waals surface area contributed by atoms with Gasteiger partial charge in [-0.1, -0.05) is 97.1 Å². The normalized spacial score (nSPS) is 12.9. The molecule has 3 nitrogen and oxygen atoms in total. The van der Waals surface area contributed by atoms with Crippen LogP contribution in [0.4, 0.5) is 0 Å². The van der Waals surface area contributed by atoms with Crippen molar-refractivity contribution in [3.8, 4) is 0 Å². The SMILES string of the molecule is C=CC(C)CCC=C(C)COC(=O)CN(CCCCCCCC)CCCCCCCC. The van der Waals surface area contributed by atoms with Gasteiger partial charge in [0.1, 0.15) is 6.61 Å². The standard InChI is InChI=1S/C28H53NO2/c1-6-9-11-13-15-17-22-29(23-18-16-14-12-10-7-2)24-28(30)31-25-27(5)21-19-20-26(4)8-3/h8,21,26H,3,6-7,9-20,22-25H2,1-2,4-5H3. The van der Waals surface area contributed by atoms with E-state index < -0.39 is 0 Å². The Morgan fingerprint density at radius 3 is 1.94 bits per heavy atom. The third kappa shape index (κ3) is 20.6. The van der Waals surface area contributed by atoms with Crippen molar-refractivity contribution >= 4 is 5.97 Å². The highest BCUT2D eigenvalue weighted by atomic mass is 16.5. The van der Waals surface area contributed by atoms with E-state index in [1.54, 1.807) is 0 Å². The number of carbonyl (C=O) groups is 1. The molecule has 0 aromatic heterocycles. The highest BCUT2D eigenvalue weighted by Crippen LogP contribution is 2.10. The first-order valence-corrected chi connectivity index (χ1v) is 13.2. The van der Waals surface area contributed by atoms with E-state index in [0.717, 1.165) is 31.5 Å². The fourth-order valence-corrected chi connectivity index (χ4v) is 3.69. The number of unbranched alkanes of at least 4 members (excludes halogenated alkanes) is 10. The van der Waals surface area contributed by atoms with Gasteiger partial charge in [0.15, 0.2) is 0 Å². The summed E-state index contributed by atoms with van der Waals surface area (Å²) in [5.41, 5.74) is 1.14. The lowest BCUT2D eigenvalue weighted by Gasteiger charge is -2.21. The largest absolute Gasteiger partial charge is 0.460 e.